The fourth-order valence-corrected chi connectivity index (χ4v) is 2.62. The van der Waals surface area contributed by atoms with E-state index in [-0.39, 0.29) is 29.6 Å². The standard InChI is InChI=1S/C8H14O4S.Na/c1-12-8(9)6-4-2-3-5-7(6)13(10)11;/h6-7H,2-5H2,1H3,(H,10,11);/q;+1/p-1. The van der Waals surface area contributed by atoms with Crippen molar-refractivity contribution in [2.45, 2.75) is 30.9 Å². The van der Waals surface area contributed by atoms with Gasteiger partial charge in [0, 0.05) is 5.25 Å². The van der Waals surface area contributed by atoms with Crippen molar-refractivity contribution in [1.82, 2.24) is 0 Å². The van der Waals surface area contributed by atoms with E-state index in [4.69, 9.17) is 0 Å². The van der Waals surface area contributed by atoms with Crippen LogP contribution in [0.25, 0.3) is 0 Å². The third-order valence-corrected chi connectivity index (χ3v) is 3.51. The van der Waals surface area contributed by atoms with Gasteiger partial charge in [0.15, 0.2) is 0 Å². The molecular formula is C8H13NaO4S. The zero-order valence-electron chi connectivity index (χ0n) is 8.52. The summed E-state index contributed by atoms with van der Waals surface area (Å²) in [7, 11) is 1.29. The molecule has 0 amide bonds. The van der Waals surface area contributed by atoms with Gasteiger partial charge in [-0.2, -0.15) is 0 Å². The summed E-state index contributed by atoms with van der Waals surface area (Å²) in [5.41, 5.74) is 0. The number of carbonyl (C=O) groups excluding carboxylic acids is 1. The van der Waals surface area contributed by atoms with Gasteiger partial charge in [-0.05, 0) is 12.8 Å². The van der Waals surface area contributed by atoms with Crippen LogP contribution in [-0.2, 0) is 20.6 Å². The van der Waals surface area contributed by atoms with Crippen molar-refractivity contribution in [2.75, 3.05) is 7.11 Å². The molecule has 6 heteroatoms. The van der Waals surface area contributed by atoms with Crippen molar-refractivity contribution in [2.24, 2.45) is 5.92 Å². The molecule has 0 radical (unpaired) electrons. The summed E-state index contributed by atoms with van der Waals surface area (Å²) < 4.78 is 26.1. The molecular weight excluding hydrogens is 215 g/mol. The number of esters is 1. The fourth-order valence-electron chi connectivity index (χ4n) is 1.75. The number of ether oxygens (including phenoxy) is 1. The van der Waals surface area contributed by atoms with Gasteiger partial charge in [-0.15, -0.1) is 0 Å². The molecule has 76 valence electrons. The second-order valence-corrected chi connectivity index (χ2v) is 4.34. The minimum Gasteiger partial charge on any atom is -0.772 e. The van der Waals surface area contributed by atoms with Gasteiger partial charge in [0.25, 0.3) is 0 Å². The van der Waals surface area contributed by atoms with Gasteiger partial charge in [0.2, 0.25) is 0 Å². The first kappa shape index (κ1) is 14.6. The summed E-state index contributed by atoms with van der Waals surface area (Å²) in [6, 6.07) is 0. The van der Waals surface area contributed by atoms with E-state index in [2.05, 4.69) is 4.74 Å². The van der Waals surface area contributed by atoms with E-state index in [1.165, 1.54) is 7.11 Å². The van der Waals surface area contributed by atoms with Gasteiger partial charge in [-0.1, -0.05) is 23.9 Å². The second-order valence-electron chi connectivity index (χ2n) is 3.21. The molecule has 1 rings (SSSR count). The summed E-state index contributed by atoms with van der Waals surface area (Å²) in [5.74, 6) is -0.842. The summed E-state index contributed by atoms with van der Waals surface area (Å²) in [6.45, 7) is 0. The van der Waals surface area contributed by atoms with Crippen molar-refractivity contribution >= 4 is 17.0 Å². The average Bonchev–Trinajstić information content (AvgIpc) is 2.16. The Labute approximate surface area is 108 Å². The van der Waals surface area contributed by atoms with Crippen LogP contribution in [0.5, 0.6) is 0 Å². The first-order valence-corrected chi connectivity index (χ1v) is 5.46. The van der Waals surface area contributed by atoms with Crippen LogP contribution in [0.3, 0.4) is 0 Å². The van der Waals surface area contributed by atoms with E-state index in [0.717, 1.165) is 12.8 Å². The van der Waals surface area contributed by atoms with Gasteiger partial charge >= 0.3 is 35.5 Å². The molecule has 4 nitrogen and oxygen atoms in total. The van der Waals surface area contributed by atoms with Gasteiger partial charge in [0.1, 0.15) is 0 Å². The Balaban J connectivity index is 0.00000169. The Morgan fingerprint density at radius 2 is 2.00 bits per heavy atom. The van der Waals surface area contributed by atoms with Crippen LogP contribution in [0.4, 0.5) is 0 Å². The Kier molecular flexibility index (Phi) is 7.24. The Morgan fingerprint density at radius 1 is 1.43 bits per heavy atom. The van der Waals surface area contributed by atoms with Crippen LogP contribution in [0.1, 0.15) is 25.7 Å². The van der Waals surface area contributed by atoms with Crippen LogP contribution >= 0.6 is 0 Å². The van der Waals surface area contributed by atoms with Gasteiger partial charge in [-0.25, -0.2) is 0 Å². The first-order chi connectivity index (χ1) is 6.16. The molecule has 0 saturated heterocycles. The van der Waals surface area contributed by atoms with Crippen LogP contribution in [0.2, 0.25) is 0 Å². The Bertz CT molecular complexity index is 221. The molecule has 0 aromatic carbocycles. The fraction of sp³-hybridized carbons (Fsp3) is 0.875. The van der Waals surface area contributed by atoms with E-state index < -0.39 is 28.2 Å². The number of rotatable bonds is 2. The van der Waals surface area contributed by atoms with Crippen molar-refractivity contribution in [3.63, 3.8) is 0 Å². The zero-order valence-corrected chi connectivity index (χ0v) is 11.3. The molecule has 1 saturated carbocycles. The second kappa shape index (κ2) is 6.95. The first-order valence-electron chi connectivity index (χ1n) is 4.32. The molecule has 1 fully saturated rings. The molecule has 3 atom stereocenters. The van der Waals surface area contributed by atoms with E-state index >= 15 is 0 Å². The summed E-state index contributed by atoms with van der Waals surface area (Å²) in [4.78, 5) is 11.2. The van der Waals surface area contributed by atoms with Crippen LogP contribution in [0, 0.1) is 5.92 Å². The molecule has 0 bridgehead atoms. The monoisotopic (exact) mass is 228 g/mol. The molecule has 0 heterocycles. The Morgan fingerprint density at radius 3 is 2.50 bits per heavy atom. The van der Waals surface area contributed by atoms with E-state index in [0.29, 0.717) is 12.8 Å². The molecule has 1 aliphatic carbocycles. The van der Waals surface area contributed by atoms with Crippen molar-refractivity contribution in [3.05, 3.63) is 0 Å². The minimum absolute atomic E-state index is 0. The normalized spacial score (nSPS) is 28.7. The van der Waals surface area contributed by atoms with Crippen LogP contribution in [-0.4, -0.2) is 27.1 Å². The molecule has 14 heavy (non-hydrogen) atoms. The summed E-state index contributed by atoms with van der Waals surface area (Å²) >= 11 is -2.16. The third kappa shape index (κ3) is 3.62. The Hall–Kier alpha value is 0.580. The van der Waals surface area contributed by atoms with Gasteiger partial charge in [0.05, 0.1) is 13.0 Å². The third-order valence-electron chi connectivity index (χ3n) is 2.45. The number of methoxy groups -OCH3 is 1. The summed E-state index contributed by atoms with van der Waals surface area (Å²) in [5, 5.41) is -0.541. The predicted octanol–water partition coefficient (Wildman–Crippen LogP) is -2.40. The minimum atomic E-state index is -2.16. The quantitative estimate of drug-likeness (QED) is 0.300. The molecule has 0 N–H and O–H groups in total. The SMILES string of the molecule is COC(=O)C1CCCCC1S(=O)[O-].[Na+]. The van der Waals surface area contributed by atoms with Crippen molar-refractivity contribution in [3.8, 4) is 0 Å². The van der Waals surface area contributed by atoms with E-state index in [9.17, 15) is 13.6 Å². The molecule has 0 aliphatic heterocycles. The molecule has 0 aromatic heterocycles. The molecule has 0 aromatic rings. The maximum atomic E-state index is 11.2. The number of hydrogen-bond acceptors (Lipinski definition) is 4. The smallest absolute Gasteiger partial charge is 0.772 e. The van der Waals surface area contributed by atoms with Gasteiger partial charge < -0.3 is 9.29 Å². The number of carbonyl (C=O) groups is 1. The molecule has 0 spiro atoms. The van der Waals surface area contributed by atoms with Crippen molar-refractivity contribution < 1.29 is 47.9 Å². The molecule has 1 aliphatic rings. The van der Waals surface area contributed by atoms with E-state index in [1.54, 1.807) is 0 Å². The maximum absolute atomic E-state index is 11.2. The summed E-state index contributed by atoms with van der Waals surface area (Å²) in [6.07, 6.45) is 3.00. The van der Waals surface area contributed by atoms with E-state index in [1.807, 2.05) is 0 Å². The number of hydrogen-bond donors (Lipinski definition) is 0. The molecule has 3 unspecified atom stereocenters. The van der Waals surface area contributed by atoms with Crippen LogP contribution < -0.4 is 29.6 Å². The predicted molar refractivity (Wildman–Crippen MR) is 46.7 cm³/mol. The van der Waals surface area contributed by atoms with Crippen LogP contribution in [0.15, 0.2) is 0 Å². The van der Waals surface area contributed by atoms with Crippen molar-refractivity contribution in [1.29, 1.82) is 0 Å². The largest absolute Gasteiger partial charge is 1.00 e. The average molecular weight is 228 g/mol. The van der Waals surface area contributed by atoms with Gasteiger partial charge in [-0.3, -0.25) is 9.00 Å². The maximum Gasteiger partial charge on any atom is 1.00 e. The topological polar surface area (TPSA) is 66.4 Å². The zero-order chi connectivity index (χ0) is 9.84.